The van der Waals surface area contributed by atoms with Gasteiger partial charge in [-0.3, -0.25) is 0 Å². The van der Waals surface area contributed by atoms with Crippen molar-refractivity contribution >= 4 is 11.0 Å². The quantitative estimate of drug-likeness (QED) is 0.630. The van der Waals surface area contributed by atoms with E-state index in [1.54, 1.807) is 6.07 Å². The first-order valence-corrected chi connectivity index (χ1v) is 3.77. The van der Waals surface area contributed by atoms with Gasteiger partial charge >= 0.3 is 0 Å². The Labute approximate surface area is 69.8 Å². The normalized spacial score (nSPS) is 10.8. The third-order valence-corrected chi connectivity index (χ3v) is 1.78. The SMILES string of the molecule is [CH2]Cc1cc2ccc(F)cc2o1. The molecular weight excluding hydrogens is 155 g/mol. The summed E-state index contributed by atoms with van der Waals surface area (Å²) in [6, 6.07) is 6.38. The molecule has 0 saturated carbocycles. The standard InChI is InChI=1S/C10H8FO/c1-2-9-5-7-3-4-8(11)6-10(7)12-9/h3-6H,1-2H2. The van der Waals surface area contributed by atoms with E-state index in [-0.39, 0.29) is 5.82 Å². The largest absolute Gasteiger partial charge is 0.461 e. The Morgan fingerprint density at radius 3 is 2.92 bits per heavy atom. The topological polar surface area (TPSA) is 13.1 Å². The van der Waals surface area contributed by atoms with Crippen LogP contribution in [-0.4, -0.2) is 0 Å². The fraction of sp³-hybridized carbons (Fsp3) is 0.100. The molecule has 0 saturated heterocycles. The highest BCUT2D eigenvalue weighted by Gasteiger charge is 2.01. The summed E-state index contributed by atoms with van der Waals surface area (Å²) in [6.07, 6.45) is 0.594. The van der Waals surface area contributed by atoms with Crippen LogP contribution in [0.15, 0.2) is 28.7 Å². The summed E-state index contributed by atoms with van der Waals surface area (Å²) >= 11 is 0. The highest BCUT2D eigenvalue weighted by Crippen LogP contribution is 2.20. The van der Waals surface area contributed by atoms with E-state index >= 15 is 0 Å². The molecule has 0 aliphatic rings. The molecule has 0 amide bonds. The van der Waals surface area contributed by atoms with Crippen LogP contribution in [0.5, 0.6) is 0 Å². The van der Waals surface area contributed by atoms with Crippen molar-refractivity contribution in [2.24, 2.45) is 0 Å². The molecule has 0 fully saturated rings. The maximum Gasteiger partial charge on any atom is 0.137 e. The molecule has 1 aromatic heterocycles. The fourth-order valence-electron chi connectivity index (χ4n) is 1.18. The predicted molar refractivity (Wildman–Crippen MR) is 45.2 cm³/mol. The van der Waals surface area contributed by atoms with Crippen LogP contribution in [0.3, 0.4) is 0 Å². The molecule has 1 radical (unpaired) electrons. The molecule has 0 atom stereocenters. The number of furan rings is 1. The summed E-state index contributed by atoms with van der Waals surface area (Å²) in [7, 11) is 0. The molecule has 0 N–H and O–H groups in total. The van der Waals surface area contributed by atoms with Crippen molar-refractivity contribution in [3.63, 3.8) is 0 Å². The highest BCUT2D eigenvalue weighted by atomic mass is 19.1. The van der Waals surface area contributed by atoms with Gasteiger partial charge in [0, 0.05) is 17.9 Å². The first-order chi connectivity index (χ1) is 5.79. The molecule has 0 aliphatic heterocycles. The molecule has 0 bridgehead atoms. The smallest absolute Gasteiger partial charge is 0.137 e. The Kier molecular flexibility index (Phi) is 1.61. The minimum atomic E-state index is -0.271. The van der Waals surface area contributed by atoms with Crippen molar-refractivity contribution < 1.29 is 8.81 Å². The van der Waals surface area contributed by atoms with Crippen molar-refractivity contribution in [3.05, 3.63) is 42.8 Å². The minimum absolute atomic E-state index is 0.271. The molecule has 61 valence electrons. The van der Waals surface area contributed by atoms with Gasteiger partial charge in [0.1, 0.15) is 17.2 Å². The van der Waals surface area contributed by atoms with E-state index in [0.717, 1.165) is 11.1 Å². The van der Waals surface area contributed by atoms with Gasteiger partial charge in [-0.2, -0.15) is 0 Å². The van der Waals surface area contributed by atoms with E-state index in [4.69, 9.17) is 4.42 Å². The van der Waals surface area contributed by atoms with E-state index in [1.165, 1.54) is 12.1 Å². The molecule has 2 rings (SSSR count). The number of halogens is 1. The van der Waals surface area contributed by atoms with E-state index < -0.39 is 0 Å². The molecule has 1 aromatic carbocycles. The van der Waals surface area contributed by atoms with Crippen LogP contribution in [0.4, 0.5) is 4.39 Å². The average Bonchev–Trinajstić information content (AvgIpc) is 2.46. The van der Waals surface area contributed by atoms with Gasteiger partial charge in [-0.1, -0.05) is 0 Å². The minimum Gasteiger partial charge on any atom is -0.461 e. The van der Waals surface area contributed by atoms with E-state index in [1.807, 2.05) is 6.07 Å². The van der Waals surface area contributed by atoms with Crippen molar-refractivity contribution in [2.45, 2.75) is 6.42 Å². The Bertz CT molecular complexity index is 403. The van der Waals surface area contributed by atoms with Crippen LogP contribution >= 0.6 is 0 Å². The molecule has 2 heteroatoms. The Morgan fingerprint density at radius 1 is 1.33 bits per heavy atom. The lowest BCUT2D eigenvalue weighted by Gasteiger charge is -1.86. The van der Waals surface area contributed by atoms with Gasteiger partial charge in [0.25, 0.3) is 0 Å². The lowest BCUT2D eigenvalue weighted by molar-refractivity contribution is 0.559. The molecule has 0 aliphatic carbocycles. The van der Waals surface area contributed by atoms with Gasteiger partial charge in [-0.15, -0.1) is 0 Å². The third-order valence-electron chi connectivity index (χ3n) is 1.78. The molecule has 1 nitrogen and oxygen atoms in total. The molecule has 0 spiro atoms. The molecule has 12 heavy (non-hydrogen) atoms. The molecule has 0 unspecified atom stereocenters. The van der Waals surface area contributed by atoms with Crippen molar-refractivity contribution in [1.82, 2.24) is 0 Å². The van der Waals surface area contributed by atoms with Gasteiger partial charge in [-0.25, -0.2) is 4.39 Å². The van der Waals surface area contributed by atoms with Crippen LogP contribution in [0.1, 0.15) is 5.76 Å². The van der Waals surface area contributed by atoms with Gasteiger partial charge in [0.2, 0.25) is 0 Å². The van der Waals surface area contributed by atoms with E-state index in [9.17, 15) is 4.39 Å². The summed E-state index contributed by atoms with van der Waals surface area (Å²) in [4.78, 5) is 0. The van der Waals surface area contributed by atoms with Gasteiger partial charge in [0.05, 0.1) is 0 Å². The summed E-state index contributed by atoms with van der Waals surface area (Å²) in [5, 5.41) is 0.926. The summed E-state index contributed by atoms with van der Waals surface area (Å²) in [6.45, 7) is 3.69. The summed E-state index contributed by atoms with van der Waals surface area (Å²) in [5.41, 5.74) is 0.591. The van der Waals surface area contributed by atoms with Crippen LogP contribution < -0.4 is 0 Å². The highest BCUT2D eigenvalue weighted by molar-refractivity contribution is 5.77. The van der Waals surface area contributed by atoms with Crippen molar-refractivity contribution in [1.29, 1.82) is 0 Å². The third kappa shape index (κ3) is 1.09. The van der Waals surface area contributed by atoms with Crippen molar-refractivity contribution in [3.8, 4) is 0 Å². The second-order valence-electron chi connectivity index (χ2n) is 2.64. The van der Waals surface area contributed by atoms with Crippen LogP contribution in [0, 0.1) is 12.7 Å². The molecule has 2 aromatic rings. The Hall–Kier alpha value is -1.31. The van der Waals surface area contributed by atoms with E-state index in [2.05, 4.69) is 6.92 Å². The monoisotopic (exact) mass is 163 g/mol. The van der Waals surface area contributed by atoms with Gasteiger partial charge < -0.3 is 4.42 Å². The van der Waals surface area contributed by atoms with Crippen LogP contribution in [-0.2, 0) is 6.42 Å². The average molecular weight is 163 g/mol. The first kappa shape index (κ1) is 7.35. The number of rotatable bonds is 1. The zero-order valence-electron chi connectivity index (χ0n) is 6.51. The van der Waals surface area contributed by atoms with Crippen LogP contribution in [0.2, 0.25) is 0 Å². The number of fused-ring (bicyclic) bond motifs is 1. The lowest BCUT2D eigenvalue weighted by Crippen LogP contribution is -1.69. The van der Waals surface area contributed by atoms with Crippen LogP contribution in [0.25, 0.3) is 11.0 Å². The second kappa shape index (κ2) is 2.63. The maximum atomic E-state index is 12.7. The fourth-order valence-corrected chi connectivity index (χ4v) is 1.18. The van der Waals surface area contributed by atoms with Gasteiger partial charge in [-0.05, 0) is 25.1 Å². The summed E-state index contributed by atoms with van der Waals surface area (Å²) in [5.74, 6) is 0.517. The van der Waals surface area contributed by atoms with Gasteiger partial charge in [0.15, 0.2) is 0 Å². The first-order valence-electron chi connectivity index (χ1n) is 3.77. The zero-order valence-corrected chi connectivity index (χ0v) is 6.51. The Balaban J connectivity index is 2.67. The number of benzene rings is 1. The maximum absolute atomic E-state index is 12.7. The van der Waals surface area contributed by atoms with Crippen molar-refractivity contribution in [2.75, 3.05) is 0 Å². The molecular formula is C10H8FO. The Morgan fingerprint density at radius 2 is 2.17 bits per heavy atom. The number of hydrogen-bond donors (Lipinski definition) is 0. The lowest BCUT2D eigenvalue weighted by atomic mass is 10.2. The molecule has 1 heterocycles. The summed E-state index contributed by atoms with van der Waals surface area (Å²) < 4.78 is 18.0. The predicted octanol–water partition coefficient (Wildman–Crippen LogP) is 2.95. The second-order valence-corrected chi connectivity index (χ2v) is 2.64. The zero-order chi connectivity index (χ0) is 8.55. The number of hydrogen-bond acceptors (Lipinski definition) is 1. The van der Waals surface area contributed by atoms with E-state index in [0.29, 0.717) is 12.0 Å².